The van der Waals surface area contributed by atoms with E-state index in [1.165, 1.54) is 0 Å². The third-order valence-corrected chi connectivity index (χ3v) is 4.21. The van der Waals surface area contributed by atoms with E-state index in [1.807, 2.05) is 0 Å². The first-order chi connectivity index (χ1) is 9.20. The van der Waals surface area contributed by atoms with Gasteiger partial charge < -0.3 is 0 Å². The van der Waals surface area contributed by atoms with Crippen LogP contribution in [0.1, 0.15) is 32.2 Å². The Bertz CT molecular complexity index is 698. The van der Waals surface area contributed by atoms with Crippen LogP contribution in [0.15, 0.2) is 28.3 Å². The molecule has 19 heavy (non-hydrogen) atoms. The van der Waals surface area contributed by atoms with Gasteiger partial charge >= 0.3 is 16.8 Å². The molecule has 98 valence electrons. The van der Waals surface area contributed by atoms with Crippen LogP contribution in [0.2, 0.25) is 0 Å². The fraction of sp³-hybridized carbons (Fsp3) is 0.462. The normalized spacial score (nSPS) is 22.8. The zero-order chi connectivity index (χ0) is 13.4. The minimum Gasteiger partial charge on any atom is -0.289 e. The van der Waals surface area contributed by atoms with E-state index < -0.39 is 0 Å². The van der Waals surface area contributed by atoms with Gasteiger partial charge in [0.15, 0.2) is 5.65 Å². The maximum atomic E-state index is 12.2. The minimum absolute atomic E-state index is 0.0493. The lowest BCUT2D eigenvalue weighted by atomic mass is 10.1. The Hall–Kier alpha value is -1.69. The van der Waals surface area contributed by atoms with Crippen LogP contribution in [0.25, 0.3) is 11.0 Å². The van der Waals surface area contributed by atoms with Crippen molar-refractivity contribution in [1.29, 1.82) is 0 Å². The van der Waals surface area contributed by atoms with Crippen molar-refractivity contribution in [3.63, 3.8) is 0 Å². The third-order valence-electron chi connectivity index (χ3n) is 3.87. The maximum absolute atomic E-state index is 12.2. The van der Waals surface area contributed by atoms with Gasteiger partial charge in [-0.05, 0) is 24.8 Å². The molecule has 0 bridgehead atoms. The van der Waals surface area contributed by atoms with Gasteiger partial charge in [0.05, 0.1) is 0 Å². The summed E-state index contributed by atoms with van der Waals surface area (Å²) in [5.41, 5.74) is 0.534. The summed E-state index contributed by atoms with van der Waals surface area (Å²) in [6.07, 6.45) is 4.85. The second kappa shape index (κ2) is 4.77. The van der Waals surface area contributed by atoms with Gasteiger partial charge in [-0.25, -0.2) is 0 Å². The van der Waals surface area contributed by atoms with Crippen LogP contribution in [-0.2, 0) is 15.9 Å². The Kier molecular flexibility index (Phi) is 3.10. The van der Waals surface area contributed by atoms with Crippen LogP contribution in [0.4, 0.5) is 0 Å². The molecule has 0 spiro atoms. The summed E-state index contributed by atoms with van der Waals surface area (Å²) in [7, 11) is 0. The molecule has 6 heteroatoms. The number of rotatable bonds is 2. The molecule has 1 saturated carbocycles. The van der Waals surface area contributed by atoms with Crippen molar-refractivity contribution in [3.05, 3.63) is 28.7 Å². The molecule has 2 aromatic heterocycles. The fourth-order valence-electron chi connectivity index (χ4n) is 2.89. The predicted octanol–water partition coefficient (Wildman–Crippen LogP) is 1.94. The molecule has 0 saturated heterocycles. The Morgan fingerprint density at radius 3 is 2.89 bits per heavy atom. The third kappa shape index (κ3) is 2.06. The molecule has 0 N–H and O–H groups in total. The van der Waals surface area contributed by atoms with Gasteiger partial charge in [0.25, 0.3) is 5.56 Å². The van der Waals surface area contributed by atoms with Gasteiger partial charge in [0.1, 0.15) is 0 Å². The van der Waals surface area contributed by atoms with Crippen LogP contribution in [0.3, 0.4) is 0 Å². The minimum atomic E-state index is -0.0493. The lowest BCUT2D eigenvalue weighted by Gasteiger charge is -2.19. The Morgan fingerprint density at radius 1 is 1.37 bits per heavy atom. The summed E-state index contributed by atoms with van der Waals surface area (Å²) in [5.74, 6) is 0.460. The summed E-state index contributed by atoms with van der Waals surface area (Å²) >= 11 is 0.254. The van der Waals surface area contributed by atoms with Crippen LogP contribution >= 0.6 is 0 Å². The van der Waals surface area contributed by atoms with Gasteiger partial charge in [0.2, 0.25) is 0 Å². The van der Waals surface area contributed by atoms with Crippen molar-refractivity contribution in [2.75, 3.05) is 0 Å². The smallest absolute Gasteiger partial charge is 0.289 e. The lowest BCUT2D eigenvalue weighted by Crippen LogP contribution is -2.26. The molecule has 2 aromatic rings. The number of hydrogen-bond acceptors (Lipinski definition) is 4. The highest BCUT2D eigenvalue weighted by atomic mass is 32.1. The number of pyridine rings is 1. The van der Waals surface area contributed by atoms with Gasteiger partial charge in [-0.15, -0.1) is 0 Å². The molecule has 3 rings (SSSR count). The monoisotopic (exact) mass is 276 g/mol. The highest BCUT2D eigenvalue weighted by Crippen LogP contribution is 2.35. The summed E-state index contributed by atoms with van der Waals surface area (Å²) in [6, 6.07) is 3.45. The van der Waals surface area contributed by atoms with E-state index >= 15 is 0 Å². The highest BCUT2D eigenvalue weighted by molar-refractivity contribution is 7.65. The van der Waals surface area contributed by atoms with Gasteiger partial charge in [0, 0.05) is 27.9 Å². The zero-order valence-electron chi connectivity index (χ0n) is 10.6. The molecule has 0 aliphatic heterocycles. The summed E-state index contributed by atoms with van der Waals surface area (Å²) in [5, 5.41) is 0.967. The first kappa shape index (κ1) is 12.3. The molecule has 1 aliphatic rings. The second-order valence-corrected chi connectivity index (χ2v) is 5.56. The van der Waals surface area contributed by atoms with Crippen molar-refractivity contribution in [1.82, 2.24) is 14.5 Å². The molecule has 0 radical (unpaired) electrons. The van der Waals surface area contributed by atoms with Gasteiger partial charge in [-0.3, -0.25) is 9.36 Å². The standard InChI is InChI=1S/C13H14N3O2S/c1-8-3-2-4-10(8)16-11(17)6-5-9-7-14-13(19-18)15-12(9)16/h5-8,10H,2-4H2,1H3/q+1/t8-,10?/m0/s1. The second-order valence-electron chi connectivity index (χ2n) is 5.03. The average Bonchev–Trinajstić information content (AvgIpc) is 2.84. The van der Waals surface area contributed by atoms with Crippen molar-refractivity contribution in [2.24, 2.45) is 5.92 Å². The lowest BCUT2D eigenvalue weighted by molar-refractivity contribution is 0.406. The molecule has 1 unspecified atom stereocenters. The average molecular weight is 276 g/mol. The Balaban J connectivity index is 2.28. The van der Waals surface area contributed by atoms with Crippen molar-refractivity contribution >= 4 is 22.7 Å². The summed E-state index contributed by atoms with van der Waals surface area (Å²) in [4.78, 5) is 20.4. The topological polar surface area (TPSA) is 64.8 Å². The van der Waals surface area contributed by atoms with E-state index in [-0.39, 0.29) is 28.4 Å². The zero-order valence-corrected chi connectivity index (χ0v) is 11.4. The van der Waals surface area contributed by atoms with Crippen molar-refractivity contribution < 1.29 is 4.21 Å². The molecule has 2 atom stereocenters. The molecule has 1 aliphatic carbocycles. The molecule has 1 fully saturated rings. The largest absolute Gasteiger partial charge is 0.550 e. The molecule has 0 aromatic carbocycles. The molecule has 0 amide bonds. The van der Waals surface area contributed by atoms with E-state index in [0.29, 0.717) is 11.6 Å². The maximum Gasteiger partial charge on any atom is 0.550 e. The number of fused-ring (bicyclic) bond motifs is 1. The van der Waals surface area contributed by atoms with Crippen LogP contribution in [0.5, 0.6) is 0 Å². The number of nitrogens with zero attached hydrogens (tertiary/aromatic N) is 3. The molecule has 5 nitrogen and oxygen atoms in total. The number of hydrogen-bond donors (Lipinski definition) is 0. The molecular weight excluding hydrogens is 262 g/mol. The van der Waals surface area contributed by atoms with E-state index in [4.69, 9.17) is 0 Å². The van der Waals surface area contributed by atoms with E-state index in [2.05, 4.69) is 16.9 Å². The molecular formula is C13H14N3O2S+. The van der Waals surface area contributed by atoms with E-state index in [9.17, 15) is 9.00 Å². The van der Waals surface area contributed by atoms with Crippen molar-refractivity contribution in [3.8, 4) is 0 Å². The van der Waals surface area contributed by atoms with Crippen molar-refractivity contribution in [2.45, 2.75) is 37.4 Å². The fourth-order valence-corrected chi connectivity index (χ4v) is 3.11. The van der Waals surface area contributed by atoms with Crippen LogP contribution < -0.4 is 5.56 Å². The quantitative estimate of drug-likeness (QED) is 0.621. The highest BCUT2D eigenvalue weighted by Gasteiger charge is 2.28. The first-order valence-electron chi connectivity index (χ1n) is 6.39. The summed E-state index contributed by atoms with van der Waals surface area (Å²) < 4.78 is 12.6. The van der Waals surface area contributed by atoms with Gasteiger partial charge in [-0.1, -0.05) is 13.3 Å². The first-order valence-corrected chi connectivity index (χ1v) is 7.13. The number of aromatic nitrogens is 3. The van der Waals surface area contributed by atoms with Crippen LogP contribution in [-0.4, -0.2) is 14.5 Å². The summed E-state index contributed by atoms with van der Waals surface area (Å²) in [6.45, 7) is 2.16. The van der Waals surface area contributed by atoms with E-state index in [1.54, 1.807) is 22.9 Å². The Morgan fingerprint density at radius 2 is 2.21 bits per heavy atom. The Labute approximate surface area is 114 Å². The predicted molar refractivity (Wildman–Crippen MR) is 72.2 cm³/mol. The SMILES string of the molecule is C[C@H]1CCCC1n1c(=O)ccc2cnc([S+]=O)nc21. The van der Waals surface area contributed by atoms with Crippen LogP contribution in [0, 0.1) is 5.92 Å². The molecule has 2 heterocycles. The van der Waals surface area contributed by atoms with Gasteiger partial charge in [-0.2, -0.15) is 9.97 Å². The van der Waals surface area contributed by atoms with E-state index in [0.717, 1.165) is 24.6 Å².